The third-order valence-electron chi connectivity index (χ3n) is 11.6. The molecule has 380 valence electrons. The van der Waals surface area contributed by atoms with Crippen molar-refractivity contribution < 1.29 is 85.2 Å². The van der Waals surface area contributed by atoms with Crippen molar-refractivity contribution in [1.82, 2.24) is 9.80 Å². The molecule has 2 fully saturated rings. The molecule has 11 nitrogen and oxygen atoms in total. The van der Waals surface area contributed by atoms with Crippen molar-refractivity contribution >= 4 is 39.7 Å². The summed E-state index contributed by atoms with van der Waals surface area (Å²) in [6.45, 7) is 0.660. The molecule has 0 aromatic heterocycles. The molecule has 2 heterocycles. The fourth-order valence-electron chi connectivity index (χ4n) is 8.28. The SMILES string of the molecule is BrCC#Cc1ccccc1.COC(=O)[C@@H]1C[C@H](O)CN1C(=O)C(c1ccccc1)c1ccccc1.COC(=O)[C@@H]1C[C@H](OCC#Cc2ccccc2)CN1C(=O)C(c1ccccc1)c1ccccc1.[Ag].[O]=[Ag]. The van der Waals surface area contributed by atoms with E-state index in [0.29, 0.717) is 13.0 Å². The second-order valence-electron chi connectivity index (χ2n) is 16.1. The van der Waals surface area contributed by atoms with E-state index < -0.39 is 42.0 Å². The van der Waals surface area contributed by atoms with Crippen LogP contribution in [-0.2, 0) is 80.1 Å². The molecule has 14 heteroatoms. The predicted molar refractivity (Wildman–Crippen MR) is 271 cm³/mol. The van der Waals surface area contributed by atoms with Crippen LogP contribution in [0.4, 0.5) is 0 Å². The Bertz CT molecular complexity index is 2630. The van der Waals surface area contributed by atoms with Gasteiger partial charge in [0, 0.05) is 59.4 Å². The molecule has 0 spiro atoms. The molecule has 6 aromatic carbocycles. The molecule has 2 amide bonds. The van der Waals surface area contributed by atoms with E-state index in [2.05, 4.69) is 39.6 Å². The van der Waals surface area contributed by atoms with Gasteiger partial charge in [-0.3, -0.25) is 9.59 Å². The van der Waals surface area contributed by atoms with Crippen LogP contribution in [0.25, 0.3) is 0 Å². The number of benzene rings is 6. The summed E-state index contributed by atoms with van der Waals surface area (Å²) in [5.74, 6) is 9.67. The summed E-state index contributed by atoms with van der Waals surface area (Å²) in [4.78, 5) is 54.9. The van der Waals surface area contributed by atoms with Gasteiger partial charge in [-0.1, -0.05) is 197 Å². The molecule has 6 aromatic rings. The van der Waals surface area contributed by atoms with E-state index in [0.717, 1.165) is 38.7 Å². The van der Waals surface area contributed by atoms with E-state index in [-0.39, 0.29) is 59.9 Å². The third kappa shape index (κ3) is 17.3. The Labute approximate surface area is 458 Å². The number of methoxy groups -OCH3 is 2. The quantitative estimate of drug-likeness (QED) is 0.0622. The van der Waals surface area contributed by atoms with Gasteiger partial charge < -0.3 is 29.1 Å². The van der Waals surface area contributed by atoms with E-state index >= 15 is 0 Å². The molecular formula is C58H55Ag2BrN2O9. The monoisotopic (exact) mass is 1220 g/mol. The maximum absolute atomic E-state index is 13.9. The van der Waals surface area contributed by atoms with Crippen molar-refractivity contribution in [1.29, 1.82) is 0 Å². The van der Waals surface area contributed by atoms with Gasteiger partial charge in [0.15, 0.2) is 0 Å². The molecule has 2 aliphatic heterocycles. The topological polar surface area (TPSA) is 140 Å². The van der Waals surface area contributed by atoms with E-state index in [4.69, 9.17) is 17.5 Å². The molecular weight excluding hydrogens is 1160 g/mol. The molecule has 1 N–H and O–H groups in total. The Morgan fingerprint density at radius 3 is 1.25 bits per heavy atom. The maximum atomic E-state index is 13.9. The van der Waals surface area contributed by atoms with Gasteiger partial charge in [-0.2, -0.15) is 0 Å². The number of ether oxygens (including phenoxy) is 3. The van der Waals surface area contributed by atoms with Gasteiger partial charge in [0.1, 0.15) is 18.7 Å². The van der Waals surface area contributed by atoms with Gasteiger partial charge in [-0.25, -0.2) is 9.59 Å². The zero-order chi connectivity index (χ0) is 50.8. The number of aliphatic hydroxyl groups excluding tert-OH is 1. The Hall–Kier alpha value is -6.00. The van der Waals surface area contributed by atoms with Gasteiger partial charge in [0.25, 0.3) is 0 Å². The summed E-state index contributed by atoms with van der Waals surface area (Å²) in [5.41, 5.74) is 5.44. The van der Waals surface area contributed by atoms with Crippen molar-refractivity contribution in [2.24, 2.45) is 0 Å². The van der Waals surface area contributed by atoms with Gasteiger partial charge >= 0.3 is 36.2 Å². The standard InChI is InChI=1S/C29H27NO4.C20H21NO4.C9H7Br.2Ag.O/c1-33-29(32)26-20-25(34-19-11-14-22-12-5-2-6-13-22)21-30(26)28(31)27(23-15-7-3-8-16-23)24-17-9-4-10-18-24;1-25-20(24)17-12-16(22)13-21(17)19(23)18(14-8-4-2-5-9-14)15-10-6-3-7-11-15;10-8-4-7-9-5-2-1-3-6-9;;;/h2-10,12-13,15-18,25-27H,19-21H2,1H3;2-11,16-18,22H,12-13H2,1H3;1-3,5-6H,8H2;;;/t25-,26-;16-,17-;;;;/m00..../s1. The van der Waals surface area contributed by atoms with Crippen LogP contribution in [0.15, 0.2) is 182 Å². The summed E-state index contributed by atoms with van der Waals surface area (Å²) in [7, 11) is 2.64. The van der Waals surface area contributed by atoms with E-state index in [1.165, 1.54) is 19.1 Å². The number of rotatable bonds is 10. The number of amides is 2. The zero-order valence-electron chi connectivity index (χ0n) is 39.6. The van der Waals surface area contributed by atoms with Crippen LogP contribution in [-0.4, -0.2) is 102 Å². The van der Waals surface area contributed by atoms with Crippen LogP contribution in [0.2, 0.25) is 0 Å². The Kier molecular flexibility index (Phi) is 26.2. The van der Waals surface area contributed by atoms with Crippen LogP contribution >= 0.6 is 15.9 Å². The number of alkyl halides is 1. The molecule has 0 bridgehead atoms. The van der Waals surface area contributed by atoms with Gasteiger partial charge in [-0.05, 0) is 46.5 Å². The molecule has 2 aliphatic rings. The fraction of sp³-hybridized carbons (Fsp3) is 0.241. The van der Waals surface area contributed by atoms with Crippen molar-refractivity contribution in [3.8, 4) is 23.7 Å². The average Bonchev–Trinajstić information content (AvgIpc) is 4.05. The van der Waals surface area contributed by atoms with Crippen molar-refractivity contribution in [2.75, 3.05) is 39.2 Å². The second-order valence-corrected chi connectivity index (χ2v) is 16.7. The zero-order valence-corrected chi connectivity index (χ0v) is 44.2. The summed E-state index contributed by atoms with van der Waals surface area (Å²) in [5, 5.41) is 10.7. The van der Waals surface area contributed by atoms with E-state index in [1.807, 2.05) is 182 Å². The number of β-amino-alcohol motifs (C(OH)–C–C–N with tert-alkyl or cyclic N) is 1. The van der Waals surface area contributed by atoms with Crippen molar-refractivity contribution in [3.05, 3.63) is 215 Å². The number of hydrogen-bond donors (Lipinski definition) is 1. The van der Waals surface area contributed by atoms with E-state index in [9.17, 15) is 24.3 Å². The van der Waals surface area contributed by atoms with Crippen LogP contribution in [0.3, 0.4) is 0 Å². The number of carbonyl (C=O) groups excluding carboxylic acids is 4. The predicted octanol–water partition coefficient (Wildman–Crippen LogP) is 8.29. The fourth-order valence-corrected chi connectivity index (χ4v) is 8.42. The van der Waals surface area contributed by atoms with Gasteiger partial charge in [-0.15, -0.1) is 0 Å². The van der Waals surface area contributed by atoms with Gasteiger partial charge in [0.05, 0.1) is 43.6 Å². The first kappa shape index (κ1) is 58.6. The Morgan fingerprint density at radius 2 is 0.889 bits per heavy atom. The molecule has 2 saturated heterocycles. The number of hydrogen-bond acceptors (Lipinski definition) is 9. The molecule has 4 atom stereocenters. The molecule has 0 unspecified atom stereocenters. The van der Waals surface area contributed by atoms with Crippen molar-refractivity contribution in [2.45, 2.75) is 49.0 Å². The number of esters is 2. The van der Waals surface area contributed by atoms with Crippen molar-refractivity contribution in [3.63, 3.8) is 0 Å². The number of likely N-dealkylation sites (tertiary alicyclic amines) is 2. The number of carbonyl (C=O) groups is 4. The summed E-state index contributed by atoms with van der Waals surface area (Å²) < 4.78 is 23.8. The molecule has 0 aliphatic carbocycles. The Balaban J connectivity index is 0.000000259. The molecule has 8 rings (SSSR count). The number of aliphatic hydroxyl groups is 1. The Morgan fingerprint density at radius 1 is 0.556 bits per heavy atom. The number of halogens is 1. The first-order valence-corrected chi connectivity index (χ1v) is 24.5. The van der Waals surface area contributed by atoms with Gasteiger partial charge in [0.2, 0.25) is 11.8 Å². The van der Waals surface area contributed by atoms with Crippen LogP contribution in [0.5, 0.6) is 0 Å². The van der Waals surface area contributed by atoms with Crippen LogP contribution < -0.4 is 0 Å². The number of nitrogens with zero attached hydrogens (tertiary/aromatic N) is 2. The first-order valence-electron chi connectivity index (χ1n) is 22.7. The normalized spacial score (nSPS) is 16.2. The van der Waals surface area contributed by atoms with Crippen LogP contribution in [0, 0.1) is 23.7 Å². The van der Waals surface area contributed by atoms with E-state index in [1.54, 1.807) is 25.9 Å². The summed E-state index contributed by atoms with van der Waals surface area (Å²) in [6, 6.07) is 56.3. The minimum atomic E-state index is -0.748. The molecule has 72 heavy (non-hydrogen) atoms. The summed E-state index contributed by atoms with van der Waals surface area (Å²) >= 11 is 4.93. The van der Waals surface area contributed by atoms with Crippen LogP contribution in [0.1, 0.15) is 58.1 Å². The third-order valence-corrected chi connectivity index (χ3v) is 11.8. The molecule has 0 saturated carbocycles. The summed E-state index contributed by atoms with van der Waals surface area (Å²) in [6.07, 6.45) is -0.443. The molecule has 1 radical (unpaired) electrons. The second kappa shape index (κ2) is 32.2. The average molecular weight is 1220 g/mol. The first-order chi connectivity index (χ1) is 34.7. The minimum absolute atomic E-state index is 0.